The minimum Gasteiger partial charge on any atom is -0.337 e. The van der Waals surface area contributed by atoms with E-state index in [1.54, 1.807) is 18.2 Å². The predicted octanol–water partition coefficient (Wildman–Crippen LogP) is 2.53. The van der Waals surface area contributed by atoms with E-state index in [2.05, 4.69) is 10.2 Å². The van der Waals surface area contributed by atoms with E-state index in [1.165, 1.54) is 0 Å². The van der Waals surface area contributed by atoms with E-state index in [0.29, 0.717) is 21.7 Å². The van der Waals surface area contributed by atoms with E-state index >= 15 is 0 Å². The van der Waals surface area contributed by atoms with Crippen LogP contribution >= 0.6 is 35.6 Å². The molecule has 2 fully saturated rings. The second-order valence-corrected chi connectivity index (χ2v) is 6.45. The first-order valence-corrected chi connectivity index (χ1v) is 8.10. The summed E-state index contributed by atoms with van der Waals surface area (Å²) in [6, 6.07) is 5.51. The normalized spacial score (nSPS) is 22.5. The second-order valence-electron chi connectivity index (χ2n) is 5.60. The van der Waals surface area contributed by atoms with Gasteiger partial charge in [0.25, 0.3) is 5.91 Å². The van der Waals surface area contributed by atoms with Gasteiger partial charge in [-0.2, -0.15) is 0 Å². The van der Waals surface area contributed by atoms with Gasteiger partial charge in [-0.1, -0.05) is 23.2 Å². The Bertz CT molecular complexity index is 535. The zero-order valence-electron chi connectivity index (χ0n) is 12.2. The summed E-state index contributed by atoms with van der Waals surface area (Å²) in [5.41, 5.74) is 0.505. The van der Waals surface area contributed by atoms with E-state index in [1.807, 2.05) is 4.90 Å². The Morgan fingerprint density at radius 2 is 1.91 bits per heavy atom. The maximum atomic E-state index is 12.6. The molecule has 0 spiro atoms. The summed E-state index contributed by atoms with van der Waals surface area (Å²) in [6.45, 7) is 5.75. The predicted molar refractivity (Wildman–Crippen MR) is 92.5 cm³/mol. The molecule has 3 rings (SSSR count). The third-order valence-corrected chi connectivity index (χ3v) is 4.84. The van der Waals surface area contributed by atoms with Crippen molar-refractivity contribution in [1.82, 2.24) is 15.1 Å². The molecule has 0 bridgehead atoms. The van der Waals surface area contributed by atoms with Crippen molar-refractivity contribution in [3.8, 4) is 0 Å². The van der Waals surface area contributed by atoms with Gasteiger partial charge in [-0.3, -0.25) is 9.69 Å². The number of nitrogens with zero attached hydrogens (tertiary/aromatic N) is 2. The van der Waals surface area contributed by atoms with Gasteiger partial charge in [-0.25, -0.2) is 0 Å². The number of rotatable bonds is 2. The van der Waals surface area contributed by atoms with E-state index in [9.17, 15) is 4.79 Å². The molecule has 1 unspecified atom stereocenters. The van der Waals surface area contributed by atoms with Crippen LogP contribution in [0, 0.1) is 0 Å². The quantitative estimate of drug-likeness (QED) is 0.876. The molecule has 1 aromatic rings. The topological polar surface area (TPSA) is 35.6 Å². The summed E-state index contributed by atoms with van der Waals surface area (Å²) in [5, 5.41) is 4.37. The summed E-state index contributed by atoms with van der Waals surface area (Å²) >= 11 is 12.1. The highest BCUT2D eigenvalue weighted by atomic mass is 35.5. The number of hydrogen-bond donors (Lipinski definition) is 1. The lowest BCUT2D eigenvalue weighted by atomic mass is 10.2. The number of piperazine rings is 1. The number of hydrogen-bond acceptors (Lipinski definition) is 3. The van der Waals surface area contributed by atoms with Crippen LogP contribution in [-0.4, -0.2) is 61.0 Å². The van der Waals surface area contributed by atoms with E-state index < -0.39 is 0 Å². The smallest absolute Gasteiger partial charge is 0.255 e. The monoisotopic (exact) mass is 363 g/mol. The first-order chi connectivity index (χ1) is 10.1. The van der Waals surface area contributed by atoms with Crippen LogP contribution in [-0.2, 0) is 0 Å². The van der Waals surface area contributed by atoms with E-state index in [4.69, 9.17) is 23.2 Å². The lowest BCUT2D eigenvalue weighted by molar-refractivity contribution is 0.0773. The van der Waals surface area contributed by atoms with Crippen LogP contribution in [0.15, 0.2) is 18.2 Å². The van der Waals surface area contributed by atoms with Crippen LogP contribution in [0.3, 0.4) is 0 Å². The molecule has 122 valence electrons. The number of likely N-dealkylation sites (tertiary alicyclic amines) is 1. The fourth-order valence-electron chi connectivity index (χ4n) is 3.10. The van der Waals surface area contributed by atoms with E-state index in [-0.39, 0.29) is 18.3 Å². The van der Waals surface area contributed by atoms with Crippen molar-refractivity contribution in [3.63, 3.8) is 0 Å². The number of amides is 1. The van der Waals surface area contributed by atoms with Crippen LogP contribution in [0.25, 0.3) is 0 Å². The van der Waals surface area contributed by atoms with Gasteiger partial charge in [0.1, 0.15) is 0 Å². The first kappa shape index (κ1) is 17.8. The van der Waals surface area contributed by atoms with Gasteiger partial charge in [0.15, 0.2) is 0 Å². The van der Waals surface area contributed by atoms with Gasteiger partial charge in [-0.15, -0.1) is 12.4 Å². The largest absolute Gasteiger partial charge is 0.337 e. The van der Waals surface area contributed by atoms with Crippen LogP contribution in [0.4, 0.5) is 0 Å². The van der Waals surface area contributed by atoms with Crippen LogP contribution in [0.2, 0.25) is 10.0 Å². The highest BCUT2D eigenvalue weighted by Gasteiger charge is 2.31. The maximum absolute atomic E-state index is 12.6. The molecule has 0 aliphatic carbocycles. The minimum absolute atomic E-state index is 0. The molecule has 7 heteroatoms. The minimum atomic E-state index is -0.0138. The summed E-state index contributed by atoms with van der Waals surface area (Å²) in [4.78, 5) is 17.0. The molecule has 0 radical (unpaired) electrons. The Balaban J connectivity index is 0.00000176. The van der Waals surface area contributed by atoms with E-state index in [0.717, 1.165) is 45.7 Å². The Kier molecular flexibility index (Phi) is 6.36. The SMILES string of the molecule is Cl.O=C(c1cc(Cl)ccc1Cl)N1CCC(N2CCNCC2)C1. The summed E-state index contributed by atoms with van der Waals surface area (Å²) in [6.07, 6.45) is 1.03. The highest BCUT2D eigenvalue weighted by Crippen LogP contribution is 2.25. The summed E-state index contributed by atoms with van der Waals surface area (Å²) in [5.74, 6) is -0.0138. The molecule has 1 aromatic carbocycles. The fourth-order valence-corrected chi connectivity index (χ4v) is 3.47. The number of nitrogens with one attached hydrogen (secondary N) is 1. The highest BCUT2D eigenvalue weighted by molar-refractivity contribution is 6.35. The van der Waals surface area contributed by atoms with Crippen molar-refractivity contribution in [2.24, 2.45) is 0 Å². The van der Waals surface area contributed by atoms with Crippen molar-refractivity contribution in [1.29, 1.82) is 0 Å². The third kappa shape index (κ3) is 3.87. The molecule has 2 heterocycles. The Labute approximate surface area is 147 Å². The molecule has 1 atom stereocenters. The van der Waals surface area contributed by atoms with Gasteiger partial charge < -0.3 is 10.2 Å². The Morgan fingerprint density at radius 1 is 1.18 bits per heavy atom. The molecular formula is C15H20Cl3N3O. The standard InChI is InChI=1S/C15H19Cl2N3O.ClH/c16-11-1-2-14(17)13(9-11)15(21)20-6-3-12(10-20)19-7-4-18-5-8-19;/h1-2,9,12,18H,3-8,10H2;1H. The van der Waals surface area contributed by atoms with Crippen molar-refractivity contribution in [2.75, 3.05) is 39.3 Å². The average molecular weight is 365 g/mol. The Hall–Kier alpha value is -0.520. The molecule has 0 aromatic heterocycles. The number of carbonyl (C=O) groups excluding carboxylic acids is 1. The average Bonchev–Trinajstić information content (AvgIpc) is 3.00. The molecule has 4 nitrogen and oxygen atoms in total. The summed E-state index contributed by atoms with van der Waals surface area (Å²) in [7, 11) is 0. The van der Waals surface area contributed by atoms with Crippen molar-refractivity contribution >= 4 is 41.5 Å². The van der Waals surface area contributed by atoms with Crippen molar-refractivity contribution in [2.45, 2.75) is 12.5 Å². The molecule has 2 aliphatic rings. The Morgan fingerprint density at radius 3 is 2.64 bits per heavy atom. The fraction of sp³-hybridized carbons (Fsp3) is 0.533. The maximum Gasteiger partial charge on any atom is 0.255 e. The van der Waals surface area contributed by atoms with Gasteiger partial charge >= 0.3 is 0 Å². The summed E-state index contributed by atoms with van der Waals surface area (Å²) < 4.78 is 0. The van der Waals surface area contributed by atoms with Crippen LogP contribution in [0.1, 0.15) is 16.8 Å². The van der Waals surface area contributed by atoms with Crippen molar-refractivity contribution in [3.05, 3.63) is 33.8 Å². The van der Waals surface area contributed by atoms with Gasteiger partial charge in [0.05, 0.1) is 10.6 Å². The molecule has 22 heavy (non-hydrogen) atoms. The van der Waals surface area contributed by atoms with Crippen LogP contribution < -0.4 is 5.32 Å². The lowest BCUT2D eigenvalue weighted by Crippen LogP contribution is -2.49. The molecular weight excluding hydrogens is 345 g/mol. The second kappa shape index (κ2) is 7.84. The third-order valence-electron chi connectivity index (χ3n) is 4.28. The molecule has 1 N–H and O–H groups in total. The zero-order chi connectivity index (χ0) is 14.8. The molecule has 2 saturated heterocycles. The zero-order valence-corrected chi connectivity index (χ0v) is 14.6. The number of carbonyl (C=O) groups is 1. The van der Waals surface area contributed by atoms with Crippen molar-refractivity contribution < 1.29 is 4.79 Å². The first-order valence-electron chi connectivity index (χ1n) is 7.34. The number of halogens is 3. The lowest BCUT2D eigenvalue weighted by Gasteiger charge is -2.32. The van der Waals surface area contributed by atoms with Gasteiger partial charge in [0.2, 0.25) is 0 Å². The molecule has 2 aliphatic heterocycles. The molecule has 0 saturated carbocycles. The van der Waals surface area contributed by atoms with Crippen LogP contribution in [0.5, 0.6) is 0 Å². The number of benzene rings is 1. The van der Waals surface area contributed by atoms with Gasteiger partial charge in [0, 0.05) is 50.3 Å². The van der Waals surface area contributed by atoms with Gasteiger partial charge in [-0.05, 0) is 24.6 Å². The molecule has 1 amide bonds.